The van der Waals surface area contributed by atoms with Gasteiger partial charge in [0.25, 0.3) is 0 Å². The Morgan fingerprint density at radius 3 is 2.54 bits per heavy atom. The number of carbonyl (C=O) groups is 4. The van der Waals surface area contributed by atoms with Crippen LogP contribution in [0, 0.1) is 0 Å². The van der Waals surface area contributed by atoms with Gasteiger partial charge in [-0.15, -0.1) is 0 Å². The lowest BCUT2D eigenvalue weighted by molar-refractivity contribution is -0.149. The van der Waals surface area contributed by atoms with E-state index in [4.69, 9.17) is 0 Å². The molecule has 2 saturated heterocycles. The van der Waals surface area contributed by atoms with E-state index >= 15 is 0 Å². The van der Waals surface area contributed by atoms with Crippen LogP contribution in [0.3, 0.4) is 0 Å². The number of nitrogens with zero attached hydrogens (tertiary/aromatic N) is 1. The van der Waals surface area contributed by atoms with E-state index in [0.29, 0.717) is 19.4 Å². The molecule has 0 saturated carbocycles. The topological polar surface area (TPSA) is 128 Å². The van der Waals surface area contributed by atoms with Crippen LogP contribution in [-0.4, -0.2) is 76.7 Å². The third kappa shape index (κ3) is 4.88. The quantitative estimate of drug-likeness (QED) is 0.347. The number of nitrogens with one attached hydrogen (secondary N) is 3. The van der Waals surface area contributed by atoms with E-state index in [1.54, 1.807) is 0 Å². The zero-order valence-corrected chi connectivity index (χ0v) is 15.6. The minimum absolute atomic E-state index is 0.0399. The second-order valence-electron chi connectivity index (χ2n) is 6.65. The van der Waals surface area contributed by atoms with Crippen molar-refractivity contribution in [3.8, 4) is 0 Å². The maximum atomic E-state index is 12.6. The van der Waals surface area contributed by atoms with Crippen molar-refractivity contribution >= 4 is 36.3 Å². The Hall–Kier alpha value is -1.81. The van der Waals surface area contributed by atoms with Crippen molar-refractivity contribution in [2.24, 2.45) is 0 Å². The van der Waals surface area contributed by atoms with Crippen LogP contribution in [0.15, 0.2) is 0 Å². The van der Waals surface area contributed by atoms with E-state index in [9.17, 15) is 24.3 Å². The largest absolute Gasteiger partial charge is 0.480 e. The molecule has 10 heteroatoms. The van der Waals surface area contributed by atoms with Crippen LogP contribution in [0.2, 0.25) is 0 Å². The van der Waals surface area contributed by atoms with Crippen LogP contribution in [0.25, 0.3) is 0 Å². The molecule has 4 atom stereocenters. The van der Waals surface area contributed by atoms with Crippen molar-refractivity contribution in [1.29, 1.82) is 0 Å². The predicted octanol–water partition coefficient (Wildman–Crippen LogP) is -1.27. The number of amides is 3. The Labute approximate surface area is 157 Å². The fraction of sp³-hybridized carbons (Fsp3) is 0.750. The van der Waals surface area contributed by atoms with Crippen LogP contribution < -0.4 is 16.0 Å². The van der Waals surface area contributed by atoms with Crippen molar-refractivity contribution in [1.82, 2.24) is 20.9 Å². The molecular formula is C16H26N4O5S. The van der Waals surface area contributed by atoms with Gasteiger partial charge in [0.2, 0.25) is 17.7 Å². The lowest BCUT2D eigenvalue weighted by atomic mass is 10.2. The van der Waals surface area contributed by atoms with Gasteiger partial charge in [0.15, 0.2) is 0 Å². The molecule has 0 aliphatic carbocycles. The standard InChI is InChI=1S/C16H26N4O5S/c1-9(18-14(22)10-4-2-6-17-10)13(21)19-11(8-26)15(23)20-7-3-5-12(20)16(24)25/h9-12,17,26H,2-8H2,1H3,(H,18,22)(H,19,21)(H,24,25). The summed E-state index contributed by atoms with van der Waals surface area (Å²) >= 11 is 4.11. The van der Waals surface area contributed by atoms with Gasteiger partial charge < -0.3 is 26.0 Å². The molecule has 0 aromatic rings. The minimum Gasteiger partial charge on any atom is -0.480 e. The van der Waals surface area contributed by atoms with Gasteiger partial charge >= 0.3 is 5.97 Å². The highest BCUT2D eigenvalue weighted by atomic mass is 32.1. The van der Waals surface area contributed by atoms with Crippen LogP contribution in [-0.2, 0) is 19.2 Å². The highest BCUT2D eigenvalue weighted by Crippen LogP contribution is 2.18. The van der Waals surface area contributed by atoms with E-state index in [-0.39, 0.29) is 17.7 Å². The van der Waals surface area contributed by atoms with Crippen molar-refractivity contribution in [2.75, 3.05) is 18.8 Å². The number of hydrogen-bond acceptors (Lipinski definition) is 6. The van der Waals surface area contributed by atoms with E-state index in [2.05, 4.69) is 28.6 Å². The van der Waals surface area contributed by atoms with Crippen LogP contribution >= 0.6 is 12.6 Å². The molecule has 2 aliphatic rings. The molecule has 2 fully saturated rings. The van der Waals surface area contributed by atoms with Gasteiger partial charge in [-0.2, -0.15) is 12.6 Å². The molecule has 2 aliphatic heterocycles. The Morgan fingerprint density at radius 2 is 1.96 bits per heavy atom. The maximum absolute atomic E-state index is 12.6. The molecule has 26 heavy (non-hydrogen) atoms. The highest BCUT2D eigenvalue weighted by Gasteiger charge is 2.37. The van der Waals surface area contributed by atoms with Crippen LogP contribution in [0.5, 0.6) is 0 Å². The SMILES string of the molecule is CC(NC(=O)C1CCCN1)C(=O)NC(CS)C(=O)N1CCCC1C(=O)O. The zero-order valence-electron chi connectivity index (χ0n) is 14.7. The summed E-state index contributed by atoms with van der Waals surface area (Å²) in [5, 5.41) is 17.5. The molecule has 0 bridgehead atoms. The summed E-state index contributed by atoms with van der Waals surface area (Å²) in [6.07, 6.45) is 2.64. The first-order valence-corrected chi connectivity index (χ1v) is 9.46. The second kappa shape index (κ2) is 9.22. The van der Waals surface area contributed by atoms with Gasteiger partial charge in [-0.1, -0.05) is 0 Å². The molecule has 146 valence electrons. The summed E-state index contributed by atoms with van der Waals surface area (Å²) in [5.41, 5.74) is 0. The fourth-order valence-corrected chi connectivity index (χ4v) is 3.50. The number of rotatable bonds is 7. The van der Waals surface area contributed by atoms with Crippen molar-refractivity contribution in [3.05, 3.63) is 0 Å². The number of thiol groups is 1. The number of likely N-dealkylation sites (tertiary alicyclic amines) is 1. The molecule has 2 rings (SSSR count). The Bertz CT molecular complexity index is 567. The molecule has 4 N–H and O–H groups in total. The average molecular weight is 386 g/mol. The average Bonchev–Trinajstić information content (AvgIpc) is 3.29. The molecule has 0 aromatic heterocycles. The van der Waals surface area contributed by atoms with E-state index in [1.165, 1.54) is 11.8 Å². The lowest BCUT2D eigenvalue weighted by Crippen LogP contribution is -2.56. The number of carboxylic acid groups (broad SMARTS) is 1. The molecule has 9 nitrogen and oxygen atoms in total. The van der Waals surface area contributed by atoms with E-state index in [1.807, 2.05) is 0 Å². The first-order valence-electron chi connectivity index (χ1n) is 8.83. The third-order valence-corrected chi connectivity index (χ3v) is 5.11. The second-order valence-corrected chi connectivity index (χ2v) is 7.02. The van der Waals surface area contributed by atoms with Gasteiger partial charge in [-0.3, -0.25) is 14.4 Å². The summed E-state index contributed by atoms with van der Waals surface area (Å²) in [6.45, 7) is 2.66. The smallest absolute Gasteiger partial charge is 0.326 e. The number of carbonyl (C=O) groups excluding carboxylic acids is 3. The Kier molecular flexibility index (Phi) is 7.27. The molecule has 2 heterocycles. The normalized spacial score (nSPS) is 24.8. The molecule has 4 unspecified atom stereocenters. The van der Waals surface area contributed by atoms with Gasteiger partial charge in [0.05, 0.1) is 6.04 Å². The molecule has 3 amide bonds. The number of hydrogen-bond donors (Lipinski definition) is 5. The summed E-state index contributed by atoms with van der Waals surface area (Å²) in [4.78, 5) is 49.5. The first-order chi connectivity index (χ1) is 12.3. The van der Waals surface area contributed by atoms with Crippen molar-refractivity contribution in [2.45, 2.75) is 56.8 Å². The predicted molar refractivity (Wildman–Crippen MR) is 96.8 cm³/mol. The highest BCUT2D eigenvalue weighted by molar-refractivity contribution is 7.80. The van der Waals surface area contributed by atoms with Gasteiger partial charge in [0, 0.05) is 12.3 Å². The minimum atomic E-state index is -1.05. The Balaban J connectivity index is 1.91. The van der Waals surface area contributed by atoms with Crippen LogP contribution in [0.1, 0.15) is 32.6 Å². The molecule has 0 radical (unpaired) electrons. The lowest BCUT2D eigenvalue weighted by Gasteiger charge is -2.27. The van der Waals surface area contributed by atoms with Crippen molar-refractivity contribution in [3.63, 3.8) is 0 Å². The molecule has 0 spiro atoms. The van der Waals surface area contributed by atoms with E-state index in [0.717, 1.165) is 19.4 Å². The van der Waals surface area contributed by atoms with Crippen molar-refractivity contribution < 1.29 is 24.3 Å². The fourth-order valence-electron chi connectivity index (χ4n) is 3.26. The van der Waals surface area contributed by atoms with E-state index < -0.39 is 35.9 Å². The number of carboxylic acids is 1. The number of aliphatic carboxylic acids is 1. The molecular weight excluding hydrogens is 360 g/mol. The monoisotopic (exact) mass is 386 g/mol. The maximum Gasteiger partial charge on any atom is 0.326 e. The summed E-state index contributed by atoms with van der Waals surface area (Å²) in [7, 11) is 0. The summed E-state index contributed by atoms with van der Waals surface area (Å²) < 4.78 is 0. The zero-order chi connectivity index (χ0) is 19.3. The van der Waals surface area contributed by atoms with Crippen LogP contribution in [0.4, 0.5) is 0 Å². The van der Waals surface area contributed by atoms with Gasteiger partial charge in [-0.05, 0) is 39.2 Å². The van der Waals surface area contributed by atoms with Gasteiger partial charge in [0.1, 0.15) is 18.1 Å². The Morgan fingerprint density at radius 1 is 1.23 bits per heavy atom. The summed E-state index contributed by atoms with van der Waals surface area (Å²) in [6, 6.07) is -2.91. The first kappa shape index (κ1) is 20.5. The molecule has 0 aromatic carbocycles. The summed E-state index contributed by atoms with van der Waals surface area (Å²) in [5.74, 6) is -2.23. The third-order valence-electron chi connectivity index (χ3n) is 4.75. The van der Waals surface area contributed by atoms with Gasteiger partial charge in [-0.25, -0.2) is 4.79 Å².